The third-order valence-electron chi connectivity index (χ3n) is 2.76. The first-order chi connectivity index (χ1) is 8.20. The van der Waals surface area contributed by atoms with Crippen molar-refractivity contribution in [1.29, 1.82) is 0 Å². The molecule has 0 aliphatic carbocycles. The van der Waals surface area contributed by atoms with Gasteiger partial charge < -0.3 is 15.3 Å². The zero-order chi connectivity index (χ0) is 13.9. The van der Waals surface area contributed by atoms with Crippen LogP contribution in [0.15, 0.2) is 24.3 Å². The minimum absolute atomic E-state index is 0.0482. The molecule has 2 amide bonds. The lowest BCUT2D eigenvalue weighted by atomic mass is 10.1. The Hall–Kier alpha value is -1.71. The highest BCUT2D eigenvalue weighted by atomic mass is 16.3. The van der Waals surface area contributed by atoms with Gasteiger partial charge in [0.05, 0.1) is 6.04 Å². The van der Waals surface area contributed by atoms with E-state index in [2.05, 4.69) is 5.32 Å². The topological polar surface area (TPSA) is 52.6 Å². The number of nitrogens with one attached hydrogen (secondary N) is 1. The van der Waals surface area contributed by atoms with Gasteiger partial charge in [0.15, 0.2) is 0 Å². The van der Waals surface area contributed by atoms with Crippen molar-refractivity contribution in [2.75, 3.05) is 7.05 Å². The van der Waals surface area contributed by atoms with Gasteiger partial charge in [0.2, 0.25) is 0 Å². The number of carbonyl (C=O) groups is 1. The van der Waals surface area contributed by atoms with Crippen LogP contribution in [-0.2, 0) is 0 Å². The number of aromatic hydroxyl groups is 1. The van der Waals surface area contributed by atoms with E-state index in [1.165, 1.54) is 0 Å². The maximum atomic E-state index is 12.0. The summed E-state index contributed by atoms with van der Waals surface area (Å²) in [5.74, 6) is 0.229. The standard InChI is InChI=1S/C14H22N2O2/c1-10(11-6-8-12(17)9-7-11)16(5)13(18)15-14(2,3)4/h6-10,17H,1-5H3,(H,15,18). The first-order valence-electron chi connectivity index (χ1n) is 6.04. The van der Waals surface area contributed by atoms with Crippen LogP contribution in [0, 0.1) is 0 Å². The highest BCUT2D eigenvalue weighted by Gasteiger charge is 2.21. The molecule has 0 radical (unpaired) electrons. The second-order valence-corrected chi connectivity index (χ2v) is 5.56. The van der Waals surface area contributed by atoms with Crippen molar-refractivity contribution in [2.24, 2.45) is 0 Å². The van der Waals surface area contributed by atoms with Gasteiger partial charge in [0.25, 0.3) is 0 Å². The van der Waals surface area contributed by atoms with E-state index in [0.29, 0.717) is 0 Å². The monoisotopic (exact) mass is 250 g/mol. The number of amides is 2. The molecule has 4 nitrogen and oxygen atoms in total. The molecule has 1 aromatic rings. The molecule has 0 aromatic heterocycles. The fourth-order valence-corrected chi connectivity index (χ4v) is 1.56. The molecule has 0 saturated heterocycles. The number of hydrogen-bond donors (Lipinski definition) is 2. The Bertz CT molecular complexity index is 407. The van der Waals surface area contributed by atoms with Crippen LogP contribution < -0.4 is 5.32 Å². The van der Waals surface area contributed by atoms with Gasteiger partial charge in [-0.3, -0.25) is 0 Å². The average Bonchev–Trinajstić information content (AvgIpc) is 2.26. The zero-order valence-electron chi connectivity index (χ0n) is 11.7. The van der Waals surface area contributed by atoms with Crippen LogP contribution in [0.5, 0.6) is 5.75 Å². The lowest BCUT2D eigenvalue weighted by Gasteiger charge is -2.30. The Morgan fingerprint density at radius 1 is 1.28 bits per heavy atom. The number of nitrogens with zero attached hydrogens (tertiary/aromatic N) is 1. The number of hydrogen-bond acceptors (Lipinski definition) is 2. The summed E-state index contributed by atoms with van der Waals surface area (Å²) in [6.45, 7) is 7.80. The molecule has 18 heavy (non-hydrogen) atoms. The molecular formula is C14H22N2O2. The largest absolute Gasteiger partial charge is 0.508 e. The number of phenolic OH excluding ortho intramolecular Hbond substituents is 1. The van der Waals surface area contributed by atoms with Crippen LogP contribution in [0.1, 0.15) is 39.3 Å². The van der Waals surface area contributed by atoms with Crippen molar-refractivity contribution in [1.82, 2.24) is 10.2 Å². The molecule has 1 rings (SSSR count). The van der Waals surface area contributed by atoms with Gasteiger partial charge in [-0.25, -0.2) is 4.79 Å². The molecule has 0 bridgehead atoms. The van der Waals surface area contributed by atoms with Gasteiger partial charge in [-0.1, -0.05) is 12.1 Å². The van der Waals surface area contributed by atoms with Gasteiger partial charge in [-0.05, 0) is 45.4 Å². The van der Waals surface area contributed by atoms with E-state index in [1.807, 2.05) is 39.8 Å². The molecule has 0 heterocycles. The van der Waals surface area contributed by atoms with Crippen LogP contribution in [-0.4, -0.2) is 28.6 Å². The van der Waals surface area contributed by atoms with E-state index in [9.17, 15) is 9.90 Å². The Balaban J connectivity index is 2.74. The Labute approximate surface area is 109 Å². The lowest BCUT2D eigenvalue weighted by molar-refractivity contribution is 0.185. The second kappa shape index (κ2) is 5.29. The SMILES string of the molecule is CC(c1ccc(O)cc1)N(C)C(=O)NC(C)(C)C. The predicted octanol–water partition coefficient (Wildman–Crippen LogP) is 2.89. The summed E-state index contributed by atoms with van der Waals surface area (Å²) < 4.78 is 0. The van der Waals surface area contributed by atoms with Gasteiger partial charge >= 0.3 is 6.03 Å². The lowest BCUT2D eigenvalue weighted by Crippen LogP contribution is -2.47. The summed E-state index contributed by atoms with van der Waals surface area (Å²) in [5, 5.41) is 12.2. The molecule has 0 aliphatic rings. The molecule has 2 N–H and O–H groups in total. The van der Waals surface area contributed by atoms with Crippen molar-refractivity contribution in [2.45, 2.75) is 39.3 Å². The summed E-state index contributed by atoms with van der Waals surface area (Å²) >= 11 is 0. The van der Waals surface area contributed by atoms with Gasteiger partial charge in [0.1, 0.15) is 5.75 Å². The Kier molecular flexibility index (Phi) is 4.22. The molecule has 0 aliphatic heterocycles. The molecule has 1 unspecified atom stereocenters. The third-order valence-corrected chi connectivity index (χ3v) is 2.76. The van der Waals surface area contributed by atoms with E-state index in [0.717, 1.165) is 5.56 Å². The van der Waals surface area contributed by atoms with E-state index in [1.54, 1.807) is 24.1 Å². The molecule has 0 fully saturated rings. The third kappa shape index (κ3) is 3.95. The van der Waals surface area contributed by atoms with Crippen molar-refractivity contribution in [3.05, 3.63) is 29.8 Å². The highest BCUT2D eigenvalue weighted by molar-refractivity contribution is 5.75. The van der Waals surface area contributed by atoms with Crippen LogP contribution in [0.3, 0.4) is 0 Å². The Morgan fingerprint density at radius 3 is 2.22 bits per heavy atom. The van der Waals surface area contributed by atoms with Crippen molar-refractivity contribution < 1.29 is 9.90 Å². The van der Waals surface area contributed by atoms with E-state index in [-0.39, 0.29) is 23.4 Å². The first kappa shape index (κ1) is 14.4. The number of carbonyl (C=O) groups excluding carboxylic acids is 1. The van der Waals surface area contributed by atoms with Crippen LogP contribution >= 0.6 is 0 Å². The quantitative estimate of drug-likeness (QED) is 0.848. The summed E-state index contributed by atoms with van der Waals surface area (Å²) in [6.07, 6.45) is 0. The molecule has 0 spiro atoms. The normalized spacial score (nSPS) is 12.9. The second-order valence-electron chi connectivity index (χ2n) is 5.56. The fourth-order valence-electron chi connectivity index (χ4n) is 1.56. The average molecular weight is 250 g/mol. The summed E-state index contributed by atoms with van der Waals surface area (Å²) in [5.41, 5.74) is 0.736. The fraction of sp³-hybridized carbons (Fsp3) is 0.500. The van der Waals surface area contributed by atoms with Gasteiger partial charge in [0, 0.05) is 12.6 Å². The van der Waals surface area contributed by atoms with E-state index < -0.39 is 0 Å². The van der Waals surface area contributed by atoms with Gasteiger partial charge in [-0.15, -0.1) is 0 Å². The summed E-state index contributed by atoms with van der Waals surface area (Å²) in [4.78, 5) is 13.7. The van der Waals surface area contributed by atoms with E-state index in [4.69, 9.17) is 0 Å². The number of benzene rings is 1. The van der Waals surface area contributed by atoms with Crippen LogP contribution in [0.25, 0.3) is 0 Å². The first-order valence-corrected chi connectivity index (χ1v) is 6.04. The summed E-state index contributed by atoms with van der Waals surface area (Å²) in [6, 6.07) is 6.74. The minimum Gasteiger partial charge on any atom is -0.508 e. The molecule has 0 saturated carbocycles. The van der Waals surface area contributed by atoms with Crippen molar-refractivity contribution in [3.63, 3.8) is 0 Å². The molecule has 4 heteroatoms. The molecule has 1 atom stereocenters. The number of phenols is 1. The van der Waals surface area contributed by atoms with Crippen molar-refractivity contribution >= 4 is 6.03 Å². The van der Waals surface area contributed by atoms with Crippen LogP contribution in [0.2, 0.25) is 0 Å². The van der Waals surface area contributed by atoms with Crippen molar-refractivity contribution in [3.8, 4) is 5.75 Å². The van der Waals surface area contributed by atoms with Gasteiger partial charge in [-0.2, -0.15) is 0 Å². The Morgan fingerprint density at radius 2 is 1.78 bits per heavy atom. The molecule has 1 aromatic carbocycles. The molecular weight excluding hydrogens is 228 g/mol. The smallest absolute Gasteiger partial charge is 0.318 e. The van der Waals surface area contributed by atoms with Crippen LogP contribution in [0.4, 0.5) is 4.79 Å². The zero-order valence-corrected chi connectivity index (χ0v) is 11.7. The maximum Gasteiger partial charge on any atom is 0.318 e. The highest BCUT2D eigenvalue weighted by Crippen LogP contribution is 2.21. The predicted molar refractivity (Wildman–Crippen MR) is 72.6 cm³/mol. The maximum absolute atomic E-state index is 12.0. The summed E-state index contributed by atoms with van der Waals surface area (Å²) in [7, 11) is 1.76. The van der Waals surface area contributed by atoms with E-state index >= 15 is 0 Å². The number of urea groups is 1. The minimum atomic E-state index is -0.250. The molecule has 100 valence electrons. The number of rotatable bonds is 2.